The van der Waals surface area contributed by atoms with E-state index in [2.05, 4.69) is 30.6 Å². The zero-order chi connectivity index (χ0) is 38.5. The number of halogens is 2. The van der Waals surface area contributed by atoms with Crippen LogP contribution in [0.2, 0.25) is 0 Å². The van der Waals surface area contributed by atoms with Crippen LogP contribution in [-0.2, 0) is 23.2 Å². The number of hydrogen-bond donors (Lipinski definition) is 2. The van der Waals surface area contributed by atoms with Crippen molar-refractivity contribution >= 4 is 45.3 Å². The highest BCUT2D eigenvalue weighted by Gasteiger charge is 2.43. The van der Waals surface area contributed by atoms with Crippen LogP contribution < -0.4 is 21.8 Å². The molecule has 55 heavy (non-hydrogen) atoms. The Labute approximate surface area is 313 Å². The summed E-state index contributed by atoms with van der Waals surface area (Å²) in [6.07, 6.45) is 12.5. The number of anilines is 2. The summed E-state index contributed by atoms with van der Waals surface area (Å²) in [6.45, 7) is 4.18. The number of aromatic nitrogens is 6. The fourth-order valence-corrected chi connectivity index (χ4v) is 6.64. The van der Waals surface area contributed by atoms with Crippen LogP contribution >= 0.6 is 0 Å². The van der Waals surface area contributed by atoms with Gasteiger partial charge in [0.15, 0.2) is 0 Å². The van der Waals surface area contributed by atoms with Gasteiger partial charge >= 0.3 is 0 Å². The first-order valence-corrected chi connectivity index (χ1v) is 18.3. The van der Waals surface area contributed by atoms with Gasteiger partial charge in [-0.05, 0) is 81.2 Å². The van der Waals surface area contributed by atoms with Gasteiger partial charge in [0.25, 0.3) is 11.1 Å². The van der Waals surface area contributed by atoms with Gasteiger partial charge in [0.1, 0.15) is 23.6 Å². The molecular weight excluding hydrogens is 706 g/mol. The lowest BCUT2D eigenvalue weighted by atomic mass is 10.0. The van der Waals surface area contributed by atoms with Gasteiger partial charge in [0.2, 0.25) is 11.8 Å². The van der Waals surface area contributed by atoms with Gasteiger partial charge in [-0.1, -0.05) is 0 Å². The minimum Gasteiger partial charge on any atom is -0.311 e. The van der Waals surface area contributed by atoms with Crippen molar-refractivity contribution in [3.8, 4) is 22.3 Å². The van der Waals surface area contributed by atoms with Gasteiger partial charge < -0.3 is 19.8 Å². The molecule has 6 heterocycles. The summed E-state index contributed by atoms with van der Waals surface area (Å²) in [5, 5.41) is 7.00. The Morgan fingerprint density at radius 2 is 1.40 bits per heavy atom. The number of nitrogens with zero attached hydrogens (tertiary/aromatic N) is 6. The van der Waals surface area contributed by atoms with Crippen molar-refractivity contribution in [2.45, 2.75) is 58.7 Å². The van der Waals surface area contributed by atoms with Crippen LogP contribution in [0.25, 0.3) is 44.1 Å². The molecule has 2 atom stereocenters. The van der Waals surface area contributed by atoms with Crippen molar-refractivity contribution < 1.29 is 18.4 Å². The number of rotatable bonds is 8. The third kappa shape index (κ3) is 7.36. The SMILES string of the molecule is Cc1c(F)cncc1-c1cc2cnc(NC(=O)C3CC3)cc2n(CC2CC2)c1=O.Cc1ccncc1-c1cc2cnc(NC(=O)C3CC3F)cc2n(C)c1=O. The van der Waals surface area contributed by atoms with Gasteiger partial charge in [-0.2, -0.15) is 0 Å². The average Bonchev–Trinajstić information content (AvgIpc) is 4.03. The average molecular weight is 745 g/mol. The monoisotopic (exact) mass is 744 g/mol. The fourth-order valence-electron chi connectivity index (χ4n) is 6.64. The molecule has 0 aliphatic heterocycles. The number of hydrogen-bond acceptors (Lipinski definition) is 8. The third-order valence-corrected chi connectivity index (χ3v) is 10.5. The molecule has 3 aliphatic rings. The maximum absolute atomic E-state index is 14.1. The highest BCUT2D eigenvalue weighted by Crippen LogP contribution is 2.35. The topological polar surface area (TPSA) is 154 Å². The molecule has 0 radical (unpaired) electrons. The first-order chi connectivity index (χ1) is 26.5. The van der Waals surface area contributed by atoms with Crippen molar-refractivity contribution in [1.82, 2.24) is 29.1 Å². The van der Waals surface area contributed by atoms with E-state index in [9.17, 15) is 28.0 Å². The molecule has 2 N–H and O–H groups in total. The lowest BCUT2D eigenvalue weighted by Crippen LogP contribution is -2.24. The van der Waals surface area contributed by atoms with E-state index in [1.54, 1.807) is 67.6 Å². The number of amides is 2. The van der Waals surface area contributed by atoms with Gasteiger partial charge in [-0.15, -0.1) is 0 Å². The predicted molar refractivity (Wildman–Crippen MR) is 205 cm³/mol. The van der Waals surface area contributed by atoms with Crippen LogP contribution in [0, 0.1) is 37.4 Å². The third-order valence-electron chi connectivity index (χ3n) is 10.5. The second-order valence-corrected chi connectivity index (χ2v) is 14.7. The van der Waals surface area contributed by atoms with Crippen LogP contribution in [0.5, 0.6) is 0 Å². The number of nitrogens with one attached hydrogen (secondary N) is 2. The van der Waals surface area contributed by atoms with E-state index >= 15 is 0 Å². The van der Waals surface area contributed by atoms with E-state index in [1.807, 2.05) is 13.0 Å². The Morgan fingerprint density at radius 3 is 2.04 bits per heavy atom. The minimum absolute atomic E-state index is 0.0222. The van der Waals surface area contributed by atoms with Crippen LogP contribution in [0.4, 0.5) is 20.4 Å². The smallest absolute Gasteiger partial charge is 0.259 e. The normalized spacial score (nSPS) is 17.4. The zero-order valence-electron chi connectivity index (χ0n) is 30.5. The van der Waals surface area contributed by atoms with Gasteiger partial charge in [0.05, 0.1) is 23.1 Å². The Morgan fingerprint density at radius 1 is 0.782 bits per heavy atom. The van der Waals surface area contributed by atoms with Crippen molar-refractivity contribution in [1.29, 1.82) is 0 Å². The first kappa shape index (κ1) is 35.8. The minimum atomic E-state index is -1.06. The molecule has 3 aliphatic carbocycles. The Hall–Kier alpha value is -6.18. The molecule has 2 unspecified atom stereocenters. The van der Waals surface area contributed by atoms with E-state index in [0.29, 0.717) is 51.9 Å². The van der Waals surface area contributed by atoms with E-state index in [1.165, 1.54) is 10.8 Å². The lowest BCUT2D eigenvalue weighted by Gasteiger charge is -2.15. The summed E-state index contributed by atoms with van der Waals surface area (Å²) in [7, 11) is 1.67. The Kier molecular flexibility index (Phi) is 9.27. The van der Waals surface area contributed by atoms with Crippen LogP contribution in [0.1, 0.15) is 43.2 Å². The summed E-state index contributed by atoms with van der Waals surface area (Å²) in [5.74, 6) is -0.124. The zero-order valence-corrected chi connectivity index (χ0v) is 30.5. The predicted octanol–water partition coefficient (Wildman–Crippen LogP) is 6.26. The number of alkyl halides is 1. The molecular formula is C41H38F2N8O4. The number of pyridine rings is 6. The van der Waals surface area contributed by atoms with Gasteiger partial charge in [0, 0.05) is 95.7 Å². The maximum atomic E-state index is 14.1. The molecule has 3 saturated carbocycles. The second-order valence-electron chi connectivity index (χ2n) is 14.7. The molecule has 9 rings (SSSR count). The van der Waals surface area contributed by atoms with Crippen molar-refractivity contribution in [3.63, 3.8) is 0 Å². The molecule has 12 nitrogen and oxygen atoms in total. The molecule has 3 fully saturated rings. The summed E-state index contributed by atoms with van der Waals surface area (Å²) in [6, 6.07) is 8.76. The van der Waals surface area contributed by atoms with Gasteiger partial charge in [-0.3, -0.25) is 29.1 Å². The van der Waals surface area contributed by atoms with Crippen LogP contribution in [-0.4, -0.2) is 47.1 Å². The summed E-state index contributed by atoms with van der Waals surface area (Å²) in [5.41, 5.74) is 4.61. The quantitative estimate of drug-likeness (QED) is 0.185. The fraction of sp³-hybridized carbons (Fsp3) is 0.317. The number of carbonyl (C=O) groups excluding carboxylic acids is 2. The highest BCUT2D eigenvalue weighted by molar-refractivity contribution is 5.96. The summed E-state index contributed by atoms with van der Waals surface area (Å²) in [4.78, 5) is 66.8. The molecule has 2 amide bonds. The molecule has 0 aromatic carbocycles. The van der Waals surface area contributed by atoms with Crippen molar-refractivity contribution in [3.05, 3.63) is 105 Å². The van der Waals surface area contributed by atoms with E-state index in [-0.39, 0.29) is 35.3 Å². The first-order valence-electron chi connectivity index (χ1n) is 18.3. The molecule has 0 bridgehead atoms. The Bertz CT molecular complexity index is 2650. The number of aryl methyl sites for hydroxylation is 2. The molecule has 14 heteroatoms. The molecule has 0 spiro atoms. The molecule has 6 aromatic rings. The second kappa shape index (κ2) is 14.2. The Balaban J connectivity index is 0.000000156. The van der Waals surface area contributed by atoms with E-state index in [0.717, 1.165) is 59.3 Å². The lowest BCUT2D eigenvalue weighted by molar-refractivity contribution is -0.118. The molecule has 280 valence electrons. The standard InChI is InChI=1S/C22H21FN4O2.C19H17FN4O2/c1-12-17(9-24-10-18(12)23)16-6-15-8-25-20(26-21(28)14-4-5-14)7-19(15)27(22(16)29)11-13-2-3-13;1-10-3-4-21-9-14(10)12-5-11-8-22-17(7-16(11)24(2)19(12)26)23-18(25)13-6-15(13)20/h6-10,13-14H,2-5,11H2,1H3,(H,25,26,28);3-5,7-9,13,15H,6H2,1-2H3,(H,22,23,25). The summed E-state index contributed by atoms with van der Waals surface area (Å²) < 4.78 is 30.3. The van der Waals surface area contributed by atoms with Crippen molar-refractivity contribution in [2.75, 3.05) is 10.6 Å². The van der Waals surface area contributed by atoms with Crippen molar-refractivity contribution in [2.24, 2.45) is 24.8 Å². The highest BCUT2D eigenvalue weighted by atomic mass is 19.1. The number of carbonyl (C=O) groups is 2. The largest absolute Gasteiger partial charge is 0.311 e. The van der Waals surface area contributed by atoms with E-state index in [4.69, 9.17) is 0 Å². The molecule has 6 aromatic heterocycles. The van der Waals surface area contributed by atoms with Crippen LogP contribution in [0.15, 0.2) is 77.1 Å². The maximum Gasteiger partial charge on any atom is 0.259 e. The molecule has 0 saturated heterocycles. The van der Waals surface area contributed by atoms with Gasteiger partial charge in [-0.25, -0.2) is 18.7 Å². The van der Waals surface area contributed by atoms with E-state index < -0.39 is 17.9 Å². The summed E-state index contributed by atoms with van der Waals surface area (Å²) >= 11 is 0. The van der Waals surface area contributed by atoms with Crippen LogP contribution in [0.3, 0.4) is 0 Å². The number of fused-ring (bicyclic) bond motifs is 2.